The van der Waals surface area contributed by atoms with Gasteiger partial charge in [0.2, 0.25) is 0 Å². The summed E-state index contributed by atoms with van der Waals surface area (Å²) in [5, 5.41) is 9.46. The van der Waals surface area contributed by atoms with Crippen molar-refractivity contribution in [1.82, 2.24) is 0 Å². The molecule has 0 heterocycles. The number of carbonyl (C=O) groups excluding carboxylic acids is 2. The first-order valence-corrected chi connectivity index (χ1v) is 15.4. The fraction of sp³-hybridized carbons (Fsp3) is 0.812. The van der Waals surface area contributed by atoms with Crippen LogP contribution >= 0.6 is 0 Å². The van der Waals surface area contributed by atoms with Crippen LogP contribution in [-0.2, 0) is 19.1 Å². The van der Waals surface area contributed by atoms with E-state index >= 15 is 0 Å². The number of allylic oxidation sites excluding steroid dienone is 4. The third-order valence-electron chi connectivity index (χ3n) is 6.47. The predicted octanol–water partition coefficient (Wildman–Crippen LogP) is 8.78. The molecule has 0 saturated heterocycles. The van der Waals surface area contributed by atoms with Crippen LogP contribution in [0.15, 0.2) is 24.3 Å². The van der Waals surface area contributed by atoms with E-state index in [0.29, 0.717) is 12.8 Å². The quantitative estimate of drug-likeness (QED) is 0.0663. The Morgan fingerprint density at radius 2 is 1.03 bits per heavy atom. The van der Waals surface area contributed by atoms with Gasteiger partial charge in [0.25, 0.3) is 0 Å². The number of hydrogen-bond donors (Lipinski definition) is 1. The Balaban J connectivity index is 3.63. The third-order valence-corrected chi connectivity index (χ3v) is 6.47. The number of ether oxygens (including phenoxy) is 2. The van der Waals surface area contributed by atoms with Gasteiger partial charge in [0.05, 0.1) is 6.61 Å². The van der Waals surface area contributed by atoms with Gasteiger partial charge in [0.15, 0.2) is 6.10 Å². The Hall–Kier alpha value is -1.62. The van der Waals surface area contributed by atoms with Gasteiger partial charge in [-0.2, -0.15) is 0 Å². The van der Waals surface area contributed by atoms with Crippen molar-refractivity contribution in [2.75, 3.05) is 13.2 Å². The molecule has 0 aromatic carbocycles. The van der Waals surface area contributed by atoms with Gasteiger partial charge < -0.3 is 14.6 Å². The highest BCUT2D eigenvalue weighted by atomic mass is 16.6. The standard InChI is InChI=1S/C32H58O5/c1-3-5-7-9-11-13-15-17-18-20-22-24-26-31(34)36-29-30(28-33)37-32(35)27-25-23-21-19-16-14-12-10-8-6-4-2/h10-13,30,33H,3-9,14-29H2,1-2H3/b12-10+,13-11+/t30-/m0/s1. The summed E-state index contributed by atoms with van der Waals surface area (Å²) in [6.45, 7) is 4.03. The van der Waals surface area contributed by atoms with Gasteiger partial charge in [-0.3, -0.25) is 9.59 Å². The number of rotatable bonds is 27. The lowest BCUT2D eigenvalue weighted by atomic mass is 10.1. The number of esters is 2. The number of unbranched alkanes of at least 4 members (excludes halogenated alkanes) is 15. The Bertz CT molecular complexity index is 570. The topological polar surface area (TPSA) is 72.8 Å². The number of hydrogen-bond acceptors (Lipinski definition) is 5. The number of carbonyl (C=O) groups is 2. The molecule has 0 aliphatic rings. The lowest BCUT2D eigenvalue weighted by Crippen LogP contribution is -2.28. The Morgan fingerprint density at radius 3 is 1.54 bits per heavy atom. The molecule has 0 radical (unpaired) electrons. The van der Waals surface area contributed by atoms with E-state index in [9.17, 15) is 14.7 Å². The minimum atomic E-state index is -0.772. The van der Waals surface area contributed by atoms with Crippen LogP contribution in [0.25, 0.3) is 0 Å². The van der Waals surface area contributed by atoms with E-state index in [0.717, 1.165) is 51.4 Å². The second-order valence-electron chi connectivity index (χ2n) is 10.2. The van der Waals surface area contributed by atoms with Crippen molar-refractivity contribution in [1.29, 1.82) is 0 Å². The monoisotopic (exact) mass is 522 g/mol. The first-order valence-electron chi connectivity index (χ1n) is 15.4. The summed E-state index contributed by atoms with van der Waals surface area (Å²) in [6, 6.07) is 0. The maximum absolute atomic E-state index is 12.0. The Morgan fingerprint density at radius 1 is 0.595 bits per heavy atom. The van der Waals surface area contributed by atoms with Crippen molar-refractivity contribution in [3.05, 3.63) is 24.3 Å². The molecule has 1 atom stereocenters. The van der Waals surface area contributed by atoms with Crippen LogP contribution in [0.1, 0.15) is 149 Å². The highest BCUT2D eigenvalue weighted by molar-refractivity contribution is 5.70. The summed E-state index contributed by atoms with van der Waals surface area (Å²) in [7, 11) is 0. The van der Waals surface area contributed by atoms with Crippen LogP contribution in [-0.4, -0.2) is 36.4 Å². The molecule has 0 bridgehead atoms. The van der Waals surface area contributed by atoms with Gasteiger partial charge in [-0.1, -0.05) is 102 Å². The molecular formula is C32H58O5. The second kappa shape index (κ2) is 28.9. The fourth-order valence-electron chi connectivity index (χ4n) is 4.06. The fourth-order valence-corrected chi connectivity index (χ4v) is 4.06. The van der Waals surface area contributed by atoms with Crippen molar-refractivity contribution in [3.63, 3.8) is 0 Å². The Labute approximate surface area is 228 Å². The van der Waals surface area contributed by atoms with Gasteiger partial charge in [0.1, 0.15) is 6.61 Å². The molecule has 0 unspecified atom stereocenters. The average Bonchev–Trinajstić information content (AvgIpc) is 2.90. The van der Waals surface area contributed by atoms with Crippen LogP contribution < -0.4 is 0 Å². The lowest BCUT2D eigenvalue weighted by molar-refractivity contribution is -0.161. The van der Waals surface area contributed by atoms with E-state index < -0.39 is 6.10 Å². The molecule has 5 nitrogen and oxygen atoms in total. The zero-order valence-electron chi connectivity index (χ0n) is 24.2. The highest BCUT2D eigenvalue weighted by Crippen LogP contribution is 2.11. The van der Waals surface area contributed by atoms with Crippen LogP contribution in [0.4, 0.5) is 0 Å². The molecule has 5 heteroatoms. The van der Waals surface area contributed by atoms with Crippen LogP contribution in [0, 0.1) is 0 Å². The SMILES string of the molecule is CCCC/C=C/CCCCCCCC(=O)O[C@@H](CO)COC(=O)CCCCCCC/C=C/CCCCC. The normalized spacial score (nSPS) is 12.4. The molecule has 0 aromatic rings. The summed E-state index contributed by atoms with van der Waals surface area (Å²) in [4.78, 5) is 24.0. The third kappa shape index (κ3) is 27.2. The first-order chi connectivity index (χ1) is 18.1. The number of aliphatic hydroxyl groups is 1. The molecule has 0 amide bonds. The summed E-state index contributed by atoms with van der Waals surface area (Å²) in [5.74, 6) is -0.616. The highest BCUT2D eigenvalue weighted by Gasteiger charge is 2.16. The predicted molar refractivity (Wildman–Crippen MR) is 155 cm³/mol. The average molecular weight is 523 g/mol. The van der Waals surface area contributed by atoms with E-state index in [1.807, 2.05) is 0 Å². The van der Waals surface area contributed by atoms with Gasteiger partial charge >= 0.3 is 11.9 Å². The lowest BCUT2D eigenvalue weighted by Gasteiger charge is -2.15. The molecule has 0 saturated carbocycles. The Kier molecular flexibility index (Phi) is 27.7. The van der Waals surface area contributed by atoms with Crippen LogP contribution in [0.2, 0.25) is 0 Å². The van der Waals surface area contributed by atoms with Crippen molar-refractivity contribution >= 4 is 11.9 Å². The summed E-state index contributed by atoms with van der Waals surface area (Å²) in [6.07, 6.45) is 30.8. The molecule has 37 heavy (non-hydrogen) atoms. The van der Waals surface area contributed by atoms with Gasteiger partial charge in [-0.15, -0.1) is 0 Å². The van der Waals surface area contributed by atoms with Crippen LogP contribution in [0.5, 0.6) is 0 Å². The molecule has 0 rings (SSSR count). The molecule has 0 aliphatic carbocycles. The van der Waals surface area contributed by atoms with E-state index in [1.165, 1.54) is 70.6 Å². The summed E-state index contributed by atoms with van der Waals surface area (Å²) in [5.41, 5.74) is 0. The second-order valence-corrected chi connectivity index (χ2v) is 10.2. The summed E-state index contributed by atoms with van der Waals surface area (Å²) >= 11 is 0. The molecular weight excluding hydrogens is 464 g/mol. The summed E-state index contributed by atoms with van der Waals surface area (Å²) < 4.78 is 10.5. The smallest absolute Gasteiger partial charge is 0.306 e. The van der Waals surface area contributed by atoms with E-state index in [2.05, 4.69) is 38.2 Å². The minimum absolute atomic E-state index is 0.0720. The molecule has 0 spiro atoms. The molecule has 0 aliphatic heterocycles. The largest absolute Gasteiger partial charge is 0.462 e. The molecule has 216 valence electrons. The maximum atomic E-state index is 12.0. The molecule has 0 aromatic heterocycles. The van der Waals surface area contributed by atoms with Gasteiger partial charge in [-0.05, 0) is 57.8 Å². The zero-order chi connectivity index (χ0) is 27.2. The van der Waals surface area contributed by atoms with E-state index in [-0.39, 0.29) is 25.2 Å². The van der Waals surface area contributed by atoms with Crippen LogP contribution in [0.3, 0.4) is 0 Å². The maximum Gasteiger partial charge on any atom is 0.306 e. The molecule has 0 fully saturated rings. The van der Waals surface area contributed by atoms with E-state index in [1.54, 1.807) is 0 Å². The van der Waals surface area contributed by atoms with Crippen molar-refractivity contribution < 1.29 is 24.2 Å². The van der Waals surface area contributed by atoms with Crippen molar-refractivity contribution in [2.24, 2.45) is 0 Å². The zero-order valence-corrected chi connectivity index (χ0v) is 24.2. The van der Waals surface area contributed by atoms with Crippen molar-refractivity contribution in [2.45, 2.75) is 155 Å². The first kappa shape index (κ1) is 35.4. The van der Waals surface area contributed by atoms with Crippen molar-refractivity contribution in [3.8, 4) is 0 Å². The minimum Gasteiger partial charge on any atom is -0.462 e. The van der Waals surface area contributed by atoms with Gasteiger partial charge in [-0.25, -0.2) is 0 Å². The molecule has 1 N–H and O–H groups in total. The van der Waals surface area contributed by atoms with Gasteiger partial charge in [0, 0.05) is 12.8 Å². The number of aliphatic hydroxyl groups excluding tert-OH is 1. The van der Waals surface area contributed by atoms with E-state index in [4.69, 9.17) is 9.47 Å².